The maximum absolute atomic E-state index is 12.6. The van der Waals surface area contributed by atoms with Gasteiger partial charge in [0.05, 0.1) is 23.4 Å². The quantitative estimate of drug-likeness (QED) is 0.841. The summed E-state index contributed by atoms with van der Waals surface area (Å²) in [7, 11) is -3.27. The van der Waals surface area contributed by atoms with E-state index >= 15 is 0 Å². The number of anilines is 1. The van der Waals surface area contributed by atoms with Crippen LogP contribution in [0.4, 0.5) is 5.69 Å². The van der Waals surface area contributed by atoms with Crippen molar-refractivity contribution in [3.05, 3.63) is 34.9 Å². The molecule has 2 aromatic rings. The van der Waals surface area contributed by atoms with Crippen LogP contribution in [0.1, 0.15) is 12.8 Å². The summed E-state index contributed by atoms with van der Waals surface area (Å²) in [5, 5.41) is 3.82. The fourth-order valence-corrected chi connectivity index (χ4v) is 4.29. The monoisotopic (exact) mass is 411 g/mol. The number of aromatic nitrogens is 1. The molecule has 128 valence electrons. The highest BCUT2D eigenvalue weighted by Crippen LogP contribution is 2.29. The molecule has 1 fully saturated rings. The molecule has 0 radical (unpaired) electrons. The zero-order chi connectivity index (χ0) is 17.3. The SMILES string of the molecule is CS(=O)(=O)N1CCC[C@H](C(=O)Nc2ccc(Br)c3cccnc23)C1. The molecule has 2 heterocycles. The van der Waals surface area contributed by atoms with E-state index in [9.17, 15) is 13.2 Å². The molecule has 1 saturated heterocycles. The fraction of sp³-hybridized carbons (Fsp3) is 0.375. The molecule has 0 aliphatic carbocycles. The predicted octanol–water partition coefficient (Wildman–Crippen LogP) is 2.61. The number of hydrogen-bond acceptors (Lipinski definition) is 4. The summed E-state index contributed by atoms with van der Waals surface area (Å²) in [4.78, 5) is 16.9. The molecule has 1 N–H and O–H groups in total. The van der Waals surface area contributed by atoms with E-state index in [4.69, 9.17) is 0 Å². The van der Waals surface area contributed by atoms with Gasteiger partial charge in [-0.25, -0.2) is 12.7 Å². The highest BCUT2D eigenvalue weighted by molar-refractivity contribution is 9.10. The van der Waals surface area contributed by atoms with Crippen LogP contribution in [0.25, 0.3) is 10.9 Å². The molecule has 1 aromatic heterocycles. The largest absolute Gasteiger partial charge is 0.324 e. The van der Waals surface area contributed by atoms with E-state index in [-0.39, 0.29) is 18.4 Å². The number of rotatable bonds is 3. The maximum atomic E-state index is 12.6. The minimum absolute atomic E-state index is 0.169. The van der Waals surface area contributed by atoms with Crippen molar-refractivity contribution < 1.29 is 13.2 Å². The third kappa shape index (κ3) is 3.60. The van der Waals surface area contributed by atoms with Crippen LogP contribution in [0, 0.1) is 5.92 Å². The highest BCUT2D eigenvalue weighted by atomic mass is 79.9. The minimum atomic E-state index is -3.27. The molecular weight excluding hydrogens is 394 g/mol. The molecule has 1 aliphatic heterocycles. The Labute approximate surface area is 149 Å². The lowest BCUT2D eigenvalue weighted by Gasteiger charge is -2.30. The van der Waals surface area contributed by atoms with Crippen LogP contribution in [0.15, 0.2) is 34.9 Å². The summed E-state index contributed by atoms with van der Waals surface area (Å²) in [5.41, 5.74) is 1.34. The smallest absolute Gasteiger partial charge is 0.228 e. The zero-order valence-electron chi connectivity index (χ0n) is 13.2. The molecule has 0 spiro atoms. The Morgan fingerprint density at radius 1 is 1.38 bits per heavy atom. The van der Waals surface area contributed by atoms with Gasteiger partial charge in [0, 0.05) is 29.1 Å². The van der Waals surface area contributed by atoms with Crippen molar-refractivity contribution in [2.24, 2.45) is 5.92 Å². The van der Waals surface area contributed by atoms with Gasteiger partial charge in [0.2, 0.25) is 15.9 Å². The van der Waals surface area contributed by atoms with Gasteiger partial charge in [-0.05, 0) is 31.0 Å². The predicted molar refractivity (Wildman–Crippen MR) is 97.2 cm³/mol. The average Bonchev–Trinajstić information content (AvgIpc) is 2.57. The molecule has 0 saturated carbocycles. The number of piperidine rings is 1. The standard InChI is InChI=1S/C16H18BrN3O3S/c1-24(22,23)20-9-3-4-11(10-20)16(21)19-14-7-6-13(17)12-5-2-8-18-15(12)14/h2,5-8,11H,3-4,9-10H2,1H3,(H,19,21)/t11-/m0/s1. The number of nitrogens with one attached hydrogen (secondary N) is 1. The first kappa shape index (κ1) is 17.3. The van der Waals surface area contributed by atoms with Crippen molar-refractivity contribution in [3.8, 4) is 0 Å². The van der Waals surface area contributed by atoms with E-state index in [1.165, 1.54) is 10.6 Å². The summed E-state index contributed by atoms with van der Waals surface area (Å²) in [5.74, 6) is -0.520. The van der Waals surface area contributed by atoms with Crippen LogP contribution in [-0.4, -0.2) is 43.0 Å². The van der Waals surface area contributed by atoms with E-state index in [0.717, 1.165) is 9.86 Å². The normalized spacial score (nSPS) is 19.3. The number of hydrogen-bond donors (Lipinski definition) is 1. The van der Waals surface area contributed by atoms with Crippen molar-refractivity contribution >= 4 is 48.5 Å². The molecule has 0 bridgehead atoms. The van der Waals surface area contributed by atoms with Crippen LogP contribution < -0.4 is 5.32 Å². The number of fused-ring (bicyclic) bond motifs is 1. The van der Waals surface area contributed by atoms with Crippen LogP contribution >= 0.6 is 15.9 Å². The molecule has 6 nitrogen and oxygen atoms in total. The average molecular weight is 412 g/mol. The van der Waals surface area contributed by atoms with E-state index in [2.05, 4.69) is 26.2 Å². The molecule has 24 heavy (non-hydrogen) atoms. The third-order valence-corrected chi connectivity index (χ3v) is 6.16. The van der Waals surface area contributed by atoms with Crippen LogP contribution in [-0.2, 0) is 14.8 Å². The topological polar surface area (TPSA) is 79.4 Å². The van der Waals surface area contributed by atoms with Crippen molar-refractivity contribution in [2.45, 2.75) is 12.8 Å². The van der Waals surface area contributed by atoms with Gasteiger partial charge >= 0.3 is 0 Å². The number of sulfonamides is 1. The van der Waals surface area contributed by atoms with Crippen LogP contribution in [0.3, 0.4) is 0 Å². The molecule has 1 aromatic carbocycles. The maximum Gasteiger partial charge on any atom is 0.228 e. The molecular formula is C16H18BrN3O3S. The first-order chi connectivity index (χ1) is 11.4. The Balaban J connectivity index is 1.82. The Kier molecular flexibility index (Phi) is 4.89. The summed E-state index contributed by atoms with van der Waals surface area (Å²) in [6, 6.07) is 7.43. The Morgan fingerprint density at radius 2 is 2.17 bits per heavy atom. The number of carbonyl (C=O) groups is 1. The van der Waals surface area contributed by atoms with Gasteiger partial charge in [-0.1, -0.05) is 22.0 Å². The van der Waals surface area contributed by atoms with Gasteiger partial charge < -0.3 is 5.32 Å². The lowest BCUT2D eigenvalue weighted by atomic mass is 9.98. The number of pyridine rings is 1. The molecule has 1 aliphatic rings. The summed E-state index contributed by atoms with van der Waals surface area (Å²) >= 11 is 3.48. The number of benzene rings is 1. The molecule has 0 unspecified atom stereocenters. The first-order valence-corrected chi connectivity index (χ1v) is 10.3. The summed E-state index contributed by atoms with van der Waals surface area (Å²) in [6.45, 7) is 0.706. The first-order valence-electron chi connectivity index (χ1n) is 7.65. The van der Waals surface area contributed by atoms with Crippen LogP contribution in [0.5, 0.6) is 0 Å². The van der Waals surface area contributed by atoms with Gasteiger partial charge in [0.25, 0.3) is 0 Å². The molecule has 3 rings (SSSR count). The number of carbonyl (C=O) groups excluding carboxylic acids is 1. The summed E-state index contributed by atoms with van der Waals surface area (Å²) < 4.78 is 25.7. The third-order valence-electron chi connectivity index (χ3n) is 4.20. The number of nitrogens with zero attached hydrogens (tertiary/aromatic N) is 2. The lowest BCUT2D eigenvalue weighted by molar-refractivity contribution is -0.120. The molecule has 8 heteroatoms. The second-order valence-electron chi connectivity index (χ2n) is 5.94. The Hall–Kier alpha value is -1.51. The number of halogens is 1. The number of amides is 1. The van der Waals surface area contributed by atoms with Gasteiger partial charge in [0.15, 0.2) is 0 Å². The minimum Gasteiger partial charge on any atom is -0.324 e. The van der Waals surface area contributed by atoms with Crippen molar-refractivity contribution in [1.82, 2.24) is 9.29 Å². The van der Waals surface area contributed by atoms with Gasteiger partial charge in [-0.15, -0.1) is 0 Å². The molecule has 1 atom stereocenters. The van der Waals surface area contributed by atoms with E-state index in [1.54, 1.807) is 12.3 Å². The van der Waals surface area contributed by atoms with E-state index in [1.807, 2.05) is 18.2 Å². The fourth-order valence-electron chi connectivity index (χ4n) is 2.93. The van der Waals surface area contributed by atoms with E-state index < -0.39 is 10.0 Å². The van der Waals surface area contributed by atoms with Gasteiger partial charge in [-0.2, -0.15) is 0 Å². The van der Waals surface area contributed by atoms with Crippen molar-refractivity contribution in [2.75, 3.05) is 24.7 Å². The highest BCUT2D eigenvalue weighted by Gasteiger charge is 2.30. The molecule has 1 amide bonds. The second-order valence-corrected chi connectivity index (χ2v) is 8.78. The second kappa shape index (κ2) is 6.78. The van der Waals surface area contributed by atoms with Crippen LogP contribution in [0.2, 0.25) is 0 Å². The lowest BCUT2D eigenvalue weighted by Crippen LogP contribution is -2.43. The Morgan fingerprint density at radius 3 is 2.92 bits per heavy atom. The van der Waals surface area contributed by atoms with Gasteiger partial charge in [-0.3, -0.25) is 9.78 Å². The van der Waals surface area contributed by atoms with Crippen molar-refractivity contribution in [3.63, 3.8) is 0 Å². The summed E-state index contributed by atoms with van der Waals surface area (Å²) in [6.07, 6.45) is 4.22. The zero-order valence-corrected chi connectivity index (χ0v) is 15.6. The van der Waals surface area contributed by atoms with Gasteiger partial charge in [0.1, 0.15) is 0 Å². The van der Waals surface area contributed by atoms with Crippen molar-refractivity contribution in [1.29, 1.82) is 0 Å². The van der Waals surface area contributed by atoms with E-state index in [0.29, 0.717) is 30.6 Å². The Bertz CT molecular complexity index is 885.